The molecule has 0 radical (unpaired) electrons. The van der Waals surface area contributed by atoms with Crippen LogP contribution < -0.4 is 15.2 Å². The highest BCUT2D eigenvalue weighted by Crippen LogP contribution is 2.31. The van der Waals surface area contributed by atoms with E-state index in [1.54, 1.807) is 19.2 Å². The number of hydrogen-bond acceptors (Lipinski definition) is 5. The highest BCUT2D eigenvalue weighted by molar-refractivity contribution is 5.44. The summed E-state index contributed by atoms with van der Waals surface area (Å²) in [6, 6.07) is 9.09. The van der Waals surface area contributed by atoms with Crippen LogP contribution in [0, 0.1) is 0 Å². The maximum Gasteiger partial charge on any atom is 0.239 e. The number of nitrogen functional groups attached to an aromatic ring is 1. The van der Waals surface area contributed by atoms with Crippen molar-refractivity contribution in [2.24, 2.45) is 0 Å². The quantitative estimate of drug-likeness (QED) is 0.895. The topological polar surface area (TPSA) is 70.3 Å². The summed E-state index contributed by atoms with van der Waals surface area (Å²) in [6.07, 6.45) is 0.943. The van der Waals surface area contributed by atoms with Crippen LogP contribution in [0.5, 0.6) is 17.4 Å². The standard InChI is InChI=1S/C13H15N3O2/c1-3-9-4-5-10(11(8-9)17-2)18-13-7-6-12(14)15-16-13/h4-8H,3H2,1-2H3,(H2,14,15). The first-order valence-electron chi connectivity index (χ1n) is 5.67. The van der Waals surface area contributed by atoms with E-state index in [4.69, 9.17) is 15.2 Å². The average Bonchev–Trinajstić information content (AvgIpc) is 2.41. The summed E-state index contributed by atoms with van der Waals surface area (Å²) in [5.41, 5.74) is 6.64. The number of rotatable bonds is 4. The Morgan fingerprint density at radius 3 is 2.56 bits per heavy atom. The molecule has 0 aliphatic carbocycles. The molecule has 1 aromatic heterocycles. The number of nitrogens with zero attached hydrogens (tertiary/aromatic N) is 2. The molecule has 2 rings (SSSR count). The summed E-state index contributed by atoms with van der Waals surface area (Å²) in [5, 5.41) is 7.57. The molecule has 0 fully saturated rings. The second kappa shape index (κ2) is 5.35. The number of ether oxygens (including phenoxy) is 2. The molecule has 0 amide bonds. The van der Waals surface area contributed by atoms with E-state index in [9.17, 15) is 0 Å². The summed E-state index contributed by atoms with van der Waals surface area (Å²) >= 11 is 0. The fourth-order valence-electron chi connectivity index (χ4n) is 1.51. The number of aryl methyl sites for hydroxylation is 1. The lowest BCUT2D eigenvalue weighted by Gasteiger charge is -2.10. The lowest BCUT2D eigenvalue weighted by molar-refractivity contribution is 0.372. The lowest BCUT2D eigenvalue weighted by Crippen LogP contribution is -1.96. The molecule has 0 atom stereocenters. The molecular formula is C13H15N3O2. The largest absolute Gasteiger partial charge is 0.493 e. The van der Waals surface area contributed by atoms with Crippen molar-refractivity contribution in [3.63, 3.8) is 0 Å². The van der Waals surface area contributed by atoms with Crippen molar-refractivity contribution < 1.29 is 9.47 Å². The van der Waals surface area contributed by atoms with Gasteiger partial charge in [0.25, 0.3) is 0 Å². The molecule has 2 aromatic rings. The molecule has 0 aliphatic heterocycles. The Morgan fingerprint density at radius 2 is 1.94 bits per heavy atom. The van der Waals surface area contributed by atoms with Gasteiger partial charge in [0, 0.05) is 6.07 Å². The van der Waals surface area contributed by atoms with Crippen LogP contribution in [0.2, 0.25) is 0 Å². The minimum absolute atomic E-state index is 0.357. The van der Waals surface area contributed by atoms with Gasteiger partial charge in [-0.25, -0.2) is 0 Å². The van der Waals surface area contributed by atoms with Crippen molar-refractivity contribution in [3.05, 3.63) is 35.9 Å². The lowest BCUT2D eigenvalue weighted by atomic mass is 10.1. The smallest absolute Gasteiger partial charge is 0.239 e. The van der Waals surface area contributed by atoms with E-state index in [2.05, 4.69) is 17.1 Å². The van der Waals surface area contributed by atoms with Gasteiger partial charge in [0.15, 0.2) is 11.5 Å². The van der Waals surface area contributed by atoms with Gasteiger partial charge in [-0.05, 0) is 30.2 Å². The van der Waals surface area contributed by atoms with Gasteiger partial charge in [-0.15, -0.1) is 10.2 Å². The molecule has 0 spiro atoms. The zero-order chi connectivity index (χ0) is 13.0. The van der Waals surface area contributed by atoms with Crippen molar-refractivity contribution in [3.8, 4) is 17.4 Å². The first-order chi connectivity index (χ1) is 8.72. The molecule has 94 valence electrons. The van der Waals surface area contributed by atoms with Gasteiger partial charge in [-0.3, -0.25) is 0 Å². The second-order valence-electron chi connectivity index (χ2n) is 3.74. The molecule has 18 heavy (non-hydrogen) atoms. The van der Waals surface area contributed by atoms with Crippen molar-refractivity contribution in [2.75, 3.05) is 12.8 Å². The normalized spacial score (nSPS) is 10.1. The van der Waals surface area contributed by atoms with Crippen LogP contribution in [0.1, 0.15) is 12.5 Å². The van der Waals surface area contributed by atoms with Crippen LogP contribution in [0.3, 0.4) is 0 Å². The van der Waals surface area contributed by atoms with Gasteiger partial charge in [0.1, 0.15) is 5.82 Å². The minimum atomic E-state index is 0.357. The van der Waals surface area contributed by atoms with E-state index >= 15 is 0 Å². The molecule has 0 unspecified atom stereocenters. The van der Waals surface area contributed by atoms with E-state index in [0.717, 1.165) is 6.42 Å². The number of nitrogens with two attached hydrogens (primary N) is 1. The zero-order valence-corrected chi connectivity index (χ0v) is 10.4. The summed E-state index contributed by atoms with van der Waals surface area (Å²) in [4.78, 5) is 0. The predicted octanol–water partition coefficient (Wildman–Crippen LogP) is 2.42. The molecule has 2 N–H and O–H groups in total. The highest BCUT2D eigenvalue weighted by Gasteiger charge is 2.07. The van der Waals surface area contributed by atoms with Crippen molar-refractivity contribution in [1.29, 1.82) is 0 Å². The summed E-state index contributed by atoms with van der Waals surface area (Å²) in [6.45, 7) is 2.08. The zero-order valence-electron chi connectivity index (χ0n) is 10.4. The Labute approximate surface area is 106 Å². The summed E-state index contributed by atoms with van der Waals surface area (Å²) in [5.74, 6) is 2.02. The Kier molecular flexibility index (Phi) is 3.62. The fourth-order valence-corrected chi connectivity index (χ4v) is 1.51. The number of benzene rings is 1. The number of anilines is 1. The molecule has 0 aliphatic rings. The van der Waals surface area contributed by atoms with E-state index in [-0.39, 0.29) is 0 Å². The molecular weight excluding hydrogens is 230 g/mol. The van der Waals surface area contributed by atoms with Gasteiger partial charge in [-0.2, -0.15) is 0 Å². The highest BCUT2D eigenvalue weighted by atomic mass is 16.5. The van der Waals surface area contributed by atoms with Gasteiger partial charge in [0.05, 0.1) is 7.11 Å². The Hall–Kier alpha value is -2.30. The number of hydrogen-bond donors (Lipinski definition) is 1. The summed E-state index contributed by atoms with van der Waals surface area (Å²) < 4.78 is 10.9. The van der Waals surface area contributed by atoms with Crippen LogP contribution in [0.25, 0.3) is 0 Å². The SMILES string of the molecule is CCc1ccc(Oc2ccc(N)nn2)c(OC)c1. The average molecular weight is 245 g/mol. The monoisotopic (exact) mass is 245 g/mol. The summed E-state index contributed by atoms with van der Waals surface area (Å²) in [7, 11) is 1.61. The van der Waals surface area contributed by atoms with E-state index in [1.165, 1.54) is 5.56 Å². The maximum absolute atomic E-state index is 5.60. The first-order valence-corrected chi connectivity index (χ1v) is 5.67. The van der Waals surface area contributed by atoms with Crippen LogP contribution in [0.15, 0.2) is 30.3 Å². The van der Waals surface area contributed by atoms with Crippen molar-refractivity contribution >= 4 is 5.82 Å². The molecule has 5 heteroatoms. The van der Waals surface area contributed by atoms with Gasteiger partial charge in [-0.1, -0.05) is 13.0 Å². The van der Waals surface area contributed by atoms with Gasteiger partial charge >= 0.3 is 0 Å². The molecule has 1 aromatic carbocycles. The Bertz CT molecular complexity index is 526. The van der Waals surface area contributed by atoms with Gasteiger partial charge < -0.3 is 15.2 Å². The third kappa shape index (κ3) is 2.68. The minimum Gasteiger partial charge on any atom is -0.493 e. The fraction of sp³-hybridized carbons (Fsp3) is 0.231. The molecule has 0 saturated heterocycles. The van der Waals surface area contributed by atoms with Crippen molar-refractivity contribution in [2.45, 2.75) is 13.3 Å². The molecule has 5 nitrogen and oxygen atoms in total. The molecule has 1 heterocycles. The van der Waals surface area contributed by atoms with Crippen LogP contribution in [-0.4, -0.2) is 17.3 Å². The number of methoxy groups -OCH3 is 1. The Morgan fingerprint density at radius 1 is 1.11 bits per heavy atom. The van der Waals surface area contributed by atoms with Crippen molar-refractivity contribution in [1.82, 2.24) is 10.2 Å². The van der Waals surface area contributed by atoms with E-state index in [0.29, 0.717) is 23.2 Å². The molecule has 0 saturated carbocycles. The van der Waals surface area contributed by atoms with E-state index < -0.39 is 0 Å². The first kappa shape index (κ1) is 12.2. The van der Waals surface area contributed by atoms with Crippen LogP contribution >= 0.6 is 0 Å². The van der Waals surface area contributed by atoms with Crippen LogP contribution in [0.4, 0.5) is 5.82 Å². The van der Waals surface area contributed by atoms with Crippen LogP contribution in [-0.2, 0) is 6.42 Å². The number of aromatic nitrogens is 2. The van der Waals surface area contributed by atoms with E-state index in [1.807, 2.05) is 18.2 Å². The molecule has 0 bridgehead atoms. The third-order valence-corrected chi connectivity index (χ3v) is 2.51. The third-order valence-electron chi connectivity index (χ3n) is 2.51. The van der Waals surface area contributed by atoms with Gasteiger partial charge in [0.2, 0.25) is 5.88 Å². The Balaban J connectivity index is 2.25. The second-order valence-corrected chi connectivity index (χ2v) is 3.74. The predicted molar refractivity (Wildman–Crippen MR) is 68.9 cm³/mol. The maximum atomic E-state index is 5.60.